The molecule has 1 atom stereocenters. The number of amides is 1. The van der Waals surface area contributed by atoms with Gasteiger partial charge in [0.05, 0.1) is 17.3 Å². The summed E-state index contributed by atoms with van der Waals surface area (Å²) in [7, 11) is 0. The molecule has 5 heteroatoms. The van der Waals surface area contributed by atoms with Gasteiger partial charge < -0.3 is 10.4 Å². The largest absolute Gasteiger partial charge is 0.396 e. The Labute approximate surface area is 112 Å². The molecule has 0 saturated carbocycles. The van der Waals surface area contributed by atoms with Gasteiger partial charge in [0.15, 0.2) is 0 Å². The van der Waals surface area contributed by atoms with Crippen molar-refractivity contribution in [3.63, 3.8) is 0 Å². The second kappa shape index (κ2) is 6.33. The van der Waals surface area contributed by atoms with E-state index in [0.29, 0.717) is 24.4 Å². The summed E-state index contributed by atoms with van der Waals surface area (Å²) in [4.78, 5) is 12.1. The molecule has 1 amide bonds. The predicted octanol–water partition coefficient (Wildman–Crippen LogP) is 1.47. The van der Waals surface area contributed by atoms with Gasteiger partial charge in [0.2, 0.25) is 0 Å². The third-order valence-electron chi connectivity index (χ3n) is 3.34. The second-order valence-electron chi connectivity index (χ2n) is 4.59. The number of nitrogens with one attached hydrogen (secondary N) is 1. The van der Waals surface area contributed by atoms with Gasteiger partial charge in [-0.2, -0.15) is 5.10 Å². The molecule has 0 saturated heterocycles. The van der Waals surface area contributed by atoms with Crippen molar-refractivity contribution in [1.82, 2.24) is 14.9 Å². The molecule has 2 heterocycles. The van der Waals surface area contributed by atoms with E-state index in [1.165, 1.54) is 0 Å². The summed E-state index contributed by atoms with van der Waals surface area (Å²) in [5.74, 6) is 0.202. The highest BCUT2D eigenvalue weighted by Crippen LogP contribution is 2.11. The zero-order valence-electron chi connectivity index (χ0n) is 11.0. The molecule has 0 radical (unpaired) electrons. The molecule has 0 fully saturated rings. The van der Waals surface area contributed by atoms with Crippen LogP contribution in [-0.2, 0) is 0 Å². The van der Waals surface area contributed by atoms with Crippen molar-refractivity contribution < 1.29 is 9.90 Å². The molecule has 5 nitrogen and oxygen atoms in total. The maximum atomic E-state index is 12.1. The lowest BCUT2D eigenvalue weighted by Gasteiger charge is -2.13. The molecule has 0 aromatic carbocycles. The highest BCUT2D eigenvalue weighted by Gasteiger charge is 2.13. The van der Waals surface area contributed by atoms with E-state index < -0.39 is 0 Å². The van der Waals surface area contributed by atoms with Crippen molar-refractivity contribution in [2.75, 3.05) is 13.2 Å². The van der Waals surface area contributed by atoms with Crippen LogP contribution >= 0.6 is 0 Å². The minimum atomic E-state index is -0.113. The number of fused-ring (bicyclic) bond motifs is 1. The number of carbonyl (C=O) groups is 1. The van der Waals surface area contributed by atoms with E-state index in [0.717, 1.165) is 11.9 Å². The van der Waals surface area contributed by atoms with Gasteiger partial charge in [-0.25, -0.2) is 4.52 Å². The van der Waals surface area contributed by atoms with Gasteiger partial charge in [0, 0.05) is 19.3 Å². The second-order valence-corrected chi connectivity index (χ2v) is 4.59. The zero-order chi connectivity index (χ0) is 13.7. The summed E-state index contributed by atoms with van der Waals surface area (Å²) in [5, 5.41) is 16.0. The molecule has 2 rings (SSSR count). The van der Waals surface area contributed by atoms with Crippen molar-refractivity contribution in [3.05, 3.63) is 36.2 Å². The van der Waals surface area contributed by atoms with Crippen LogP contribution < -0.4 is 5.32 Å². The Hall–Kier alpha value is -1.88. The molecule has 0 aliphatic rings. The Balaban J connectivity index is 2.04. The number of aliphatic hydroxyl groups excluding tert-OH is 1. The fourth-order valence-corrected chi connectivity index (χ4v) is 2.07. The van der Waals surface area contributed by atoms with E-state index in [1.54, 1.807) is 10.7 Å². The lowest BCUT2D eigenvalue weighted by atomic mass is 10.0. The number of hydrogen-bond donors (Lipinski definition) is 2. The average Bonchev–Trinajstić information content (AvgIpc) is 2.87. The van der Waals surface area contributed by atoms with Crippen molar-refractivity contribution >= 4 is 11.4 Å². The first-order valence-corrected chi connectivity index (χ1v) is 6.57. The highest BCUT2D eigenvalue weighted by molar-refractivity contribution is 6.00. The van der Waals surface area contributed by atoms with Crippen LogP contribution in [0.4, 0.5) is 0 Å². The SMILES string of the molecule is CCC(CCO)CNC(=O)c1cnn2ccccc12. The Bertz CT molecular complexity index is 550. The number of rotatable bonds is 6. The fraction of sp³-hybridized carbons (Fsp3) is 0.429. The summed E-state index contributed by atoms with van der Waals surface area (Å²) < 4.78 is 1.68. The van der Waals surface area contributed by atoms with E-state index >= 15 is 0 Å². The van der Waals surface area contributed by atoms with E-state index in [2.05, 4.69) is 17.3 Å². The van der Waals surface area contributed by atoms with Gasteiger partial charge >= 0.3 is 0 Å². The fourth-order valence-electron chi connectivity index (χ4n) is 2.07. The third-order valence-corrected chi connectivity index (χ3v) is 3.34. The molecule has 102 valence electrons. The monoisotopic (exact) mass is 261 g/mol. The predicted molar refractivity (Wildman–Crippen MR) is 73.0 cm³/mol. The Morgan fingerprint density at radius 3 is 3.11 bits per heavy atom. The van der Waals surface area contributed by atoms with E-state index in [-0.39, 0.29) is 12.5 Å². The molecule has 1 unspecified atom stereocenters. The van der Waals surface area contributed by atoms with Crippen LogP contribution in [0.25, 0.3) is 5.52 Å². The van der Waals surface area contributed by atoms with Crippen molar-refractivity contribution in [1.29, 1.82) is 0 Å². The standard InChI is InChI=1S/C14H19N3O2/c1-2-11(6-8-18)9-15-14(19)12-10-16-17-7-4-3-5-13(12)17/h3-5,7,10-11,18H,2,6,8-9H2,1H3,(H,15,19). The average molecular weight is 261 g/mol. The van der Waals surface area contributed by atoms with E-state index in [4.69, 9.17) is 5.11 Å². The van der Waals surface area contributed by atoms with Crippen LogP contribution in [0.15, 0.2) is 30.6 Å². The first-order chi connectivity index (χ1) is 9.26. The van der Waals surface area contributed by atoms with Crippen LogP contribution in [0.3, 0.4) is 0 Å². The number of nitrogens with zero attached hydrogens (tertiary/aromatic N) is 2. The maximum Gasteiger partial charge on any atom is 0.255 e. The van der Waals surface area contributed by atoms with Crippen LogP contribution in [0, 0.1) is 5.92 Å². The molecule has 19 heavy (non-hydrogen) atoms. The van der Waals surface area contributed by atoms with E-state index in [9.17, 15) is 4.79 Å². The molecule has 0 bridgehead atoms. The lowest BCUT2D eigenvalue weighted by Crippen LogP contribution is -2.29. The van der Waals surface area contributed by atoms with Gasteiger partial charge in [-0.05, 0) is 24.5 Å². The highest BCUT2D eigenvalue weighted by atomic mass is 16.3. The lowest BCUT2D eigenvalue weighted by molar-refractivity contribution is 0.0945. The zero-order valence-corrected chi connectivity index (χ0v) is 11.0. The molecule has 2 aromatic heterocycles. The van der Waals surface area contributed by atoms with Crippen molar-refractivity contribution in [2.45, 2.75) is 19.8 Å². The quantitative estimate of drug-likeness (QED) is 0.827. The van der Waals surface area contributed by atoms with Crippen molar-refractivity contribution in [2.24, 2.45) is 5.92 Å². The summed E-state index contributed by atoms with van der Waals surface area (Å²) in [6.07, 6.45) is 5.05. The molecule has 0 spiro atoms. The summed E-state index contributed by atoms with van der Waals surface area (Å²) in [6, 6.07) is 5.62. The summed E-state index contributed by atoms with van der Waals surface area (Å²) in [5.41, 5.74) is 1.38. The number of carbonyl (C=O) groups excluding carboxylic acids is 1. The summed E-state index contributed by atoms with van der Waals surface area (Å²) in [6.45, 7) is 2.80. The molecular weight excluding hydrogens is 242 g/mol. The summed E-state index contributed by atoms with van der Waals surface area (Å²) >= 11 is 0. The van der Waals surface area contributed by atoms with Gasteiger partial charge in [-0.15, -0.1) is 0 Å². The molecule has 2 aromatic rings. The number of aliphatic hydroxyl groups is 1. The van der Waals surface area contributed by atoms with Crippen LogP contribution in [0.5, 0.6) is 0 Å². The van der Waals surface area contributed by atoms with Gasteiger partial charge in [0.25, 0.3) is 5.91 Å². The first-order valence-electron chi connectivity index (χ1n) is 6.57. The molecule has 2 N–H and O–H groups in total. The number of pyridine rings is 1. The number of hydrogen-bond acceptors (Lipinski definition) is 3. The maximum absolute atomic E-state index is 12.1. The molecule has 0 aliphatic heterocycles. The first kappa shape index (κ1) is 13.5. The topological polar surface area (TPSA) is 66.6 Å². The smallest absolute Gasteiger partial charge is 0.255 e. The van der Waals surface area contributed by atoms with Crippen LogP contribution in [0.2, 0.25) is 0 Å². The van der Waals surface area contributed by atoms with Crippen LogP contribution in [0.1, 0.15) is 30.1 Å². The Morgan fingerprint density at radius 1 is 1.53 bits per heavy atom. The van der Waals surface area contributed by atoms with Gasteiger partial charge in [-0.1, -0.05) is 19.4 Å². The van der Waals surface area contributed by atoms with E-state index in [1.807, 2.05) is 24.4 Å². The Morgan fingerprint density at radius 2 is 2.37 bits per heavy atom. The normalized spacial score (nSPS) is 12.5. The third kappa shape index (κ3) is 3.12. The van der Waals surface area contributed by atoms with Crippen molar-refractivity contribution in [3.8, 4) is 0 Å². The van der Waals surface area contributed by atoms with Gasteiger partial charge in [-0.3, -0.25) is 4.79 Å². The molecular formula is C14H19N3O2. The Kier molecular flexibility index (Phi) is 4.52. The number of aromatic nitrogens is 2. The van der Waals surface area contributed by atoms with Gasteiger partial charge in [0.1, 0.15) is 0 Å². The molecule has 0 aliphatic carbocycles. The minimum Gasteiger partial charge on any atom is -0.396 e. The van der Waals surface area contributed by atoms with Crippen LogP contribution in [-0.4, -0.2) is 33.8 Å². The minimum absolute atomic E-state index is 0.113.